The van der Waals surface area contributed by atoms with Crippen LogP contribution in [0.4, 0.5) is 0 Å². The zero-order valence-electron chi connectivity index (χ0n) is 14.6. The molecule has 24 heavy (non-hydrogen) atoms. The Morgan fingerprint density at radius 1 is 1.33 bits per heavy atom. The Kier molecular flexibility index (Phi) is 11.6. The fourth-order valence-corrected chi connectivity index (χ4v) is 2.23. The number of nitrogens with two attached hydrogens (primary N) is 1. The Morgan fingerprint density at radius 3 is 2.62 bits per heavy atom. The van der Waals surface area contributed by atoms with E-state index in [0.29, 0.717) is 47.7 Å². The number of hydrogen-bond acceptors (Lipinski definition) is 4. The number of carbonyl (C=O) groups is 1. The third-order valence-corrected chi connectivity index (χ3v) is 3.63. The highest BCUT2D eigenvalue weighted by molar-refractivity contribution is 6.32. The van der Waals surface area contributed by atoms with Gasteiger partial charge in [0.25, 0.3) is 5.91 Å². The van der Waals surface area contributed by atoms with E-state index < -0.39 is 0 Å². The van der Waals surface area contributed by atoms with Crippen molar-refractivity contribution in [3.63, 3.8) is 0 Å². The molecule has 0 atom stereocenters. The Labute approximate surface area is 155 Å². The summed E-state index contributed by atoms with van der Waals surface area (Å²) >= 11 is 6.25. The van der Waals surface area contributed by atoms with Crippen LogP contribution in [0.1, 0.15) is 43.5 Å². The molecule has 0 spiro atoms. The average molecular weight is 379 g/mol. The summed E-state index contributed by atoms with van der Waals surface area (Å²) in [5.41, 5.74) is 5.88. The van der Waals surface area contributed by atoms with Crippen molar-refractivity contribution in [2.45, 2.75) is 33.1 Å². The Bertz CT molecular complexity index is 511. The molecule has 0 aliphatic heterocycles. The van der Waals surface area contributed by atoms with Gasteiger partial charge in [0.1, 0.15) is 0 Å². The van der Waals surface area contributed by atoms with Crippen LogP contribution >= 0.6 is 24.0 Å². The molecule has 0 unspecified atom stereocenters. The van der Waals surface area contributed by atoms with Gasteiger partial charge in [-0.15, -0.1) is 12.4 Å². The standard InChI is InChI=1S/C17H27ClN2O3.ClH/c1-12(2)6-9-23-16-14(18)10-13(11-15(16)22-3)17(21)20-8-5-4-7-19;/h10-12H,4-9,19H2,1-3H3,(H,20,21);1H. The number of ether oxygens (including phenoxy) is 2. The first kappa shape index (κ1) is 22.8. The summed E-state index contributed by atoms with van der Waals surface area (Å²) in [6, 6.07) is 3.25. The molecule has 7 heteroatoms. The topological polar surface area (TPSA) is 73.6 Å². The van der Waals surface area contributed by atoms with Gasteiger partial charge in [-0.1, -0.05) is 25.4 Å². The van der Waals surface area contributed by atoms with Crippen LogP contribution in [-0.2, 0) is 0 Å². The van der Waals surface area contributed by atoms with Gasteiger partial charge in [-0.05, 0) is 43.9 Å². The highest BCUT2D eigenvalue weighted by Gasteiger charge is 2.16. The van der Waals surface area contributed by atoms with Crippen LogP contribution < -0.4 is 20.5 Å². The van der Waals surface area contributed by atoms with E-state index in [-0.39, 0.29) is 18.3 Å². The summed E-state index contributed by atoms with van der Waals surface area (Å²) in [7, 11) is 1.53. The predicted molar refractivity (Wildman–Crippen MR) is 101 cm³/mol. The van der Waals surface area contributed by atoms with E-state index >= 15 is 0 Å². The lowest BCUT2D eigenvalue weighted by molar-refractivity contribution is 0.0952. The first-order valence-corrected chi connectivity index (χ1v) is 8.36. The molecule has 0 saturated carbocycles. The second-order valence-corrected chi connectivity index (χ2v) is 6.18. The van der Waals surface area contributed by atoms with Crippen molar-refractivity contribution in [1.29, 1.82) is 0 Å². The van der Waals surface area contributed by atoms with E-state index in [1.807, 2.05) is 0 Å². The van der Waals surface area contributed by atoms with Crippen LogP contribution in [0, 0.1) is 5.92 Å². The zero-order valence-corrected chi connectivity index (χ0v) is 16.1. The predicted octanol–water partition coefficient (Wildman–Crippen LogP) is 3.66. The number of hydrogen-bond donors (Lipinski definition) is 2. The van der Waals surface area contributed by atoms with Crippen LogP contribution in [0.3, 0.4) is 0 Å². The van der Waals surface area contributed by atoms with Gasteiger partial charge in [-0.3, -0.25) is 4.79 Å². The number of benzene rings is 1. The number of amides is 1. The summed E-state index contributed by atoms with van der Waals surface area (Å²) in [6.07, 6.45) is 2.65. The van der Waals surface area contributed by atoms with Crippen molar-refractivity contribution in [3.8, 4) is 11.5 Å². The molecule has 0 aromatic heterocycles. The van der Waals surface area contributed by atoms with E-state index in [9.17, 15) is 4.79 Å². The van der Waals surface area contributed by atoms with Crippen molar-refractivity contribution in [2.24, 2.45) is 11.7 Å². The van der Waals surface area contributed by atoms with Gasteiger partial charge in [0.05, 0.1) is 18.7 Å². The second kappa shape index (κ2) is 12.2. The number of rotatable bonds is 10. The molecule has 0 bridgehead atoms. The third-order valence-electron chi connectivity index (χ3n) is 3.35. The van der Waals surface area contributed by atoms with Gasteiger partial charge in [0, 0.05) is 12.1 Å². The lowest BCUT2D eigenvalue weighted by Gasteiger charge is -2.15. The molecule has 3 N–H and O–H groups in total. The highest BCUT2D eigenvalue weighted by Crippen LogP contribution is 2.36. The molecule has 1 aromatic rings. The first-order chi connectivity index (χ1) is 11.0. The summed E-state index contributed by atoms with van der Waals surface area (Å²) in [6.45, 7) is 6.01. The number of nitrogens with one attached hydrogen (secondary N) is 1. The molecule has 1 rings (SSSR count). The van der Waals surface area contributed by atoms with Crippen LogP contribution in [0.15, 0.2) is 12.1 Å². The molecule has 5 nitrogen and oxygen atoms in total. The number of carbonyl (C=O) groups excluding carboxylic acids is 1. The fourth-order valence-electron chi connectivity index (χ4n) is 1.96. The van der Waals surface area contributed by atoms with Crippen LogP contribution in [-0.4, -0.2) is 32.7 Å². The van der Waals surface area contributed by atoms with E-state index in [0.717, 1.165) is 19.3 Å². The van der Waals surface area contributed by atoms with Gasteiger partial charge < -0.3 is 20.5 Å². The van der Waals surface area contributed by atoms with Crippen LogP contribution in [0.5, 0.6) is 11.5 Å². The molecule has 1 amide bonds. The van der Waals surface area contributed by atoms with Crippen molar-refractivity contribution in [2.75, 3.05) is 26.8 Å². The lowest BCUT2D eigenvalue weighted by atomic mass is 10.1. The zero-order chi connectivity index (χ0) is 17.2. The van der Waals surface area contributed by atoms with E-state index in [1.165, 1.54) is 7.11 Å². The Balaban J connectivity index is 0.00000529. The molecule has 0 fully saturated rings. The van der Waals surface area contributed by atoms with Crippen molar-refractivity contribution in [3.05, 3.63) is 22.7 Å². The molecule has 138 valence electrons. The Morgan fingerprint density at radius 2 is 2.04 bits per heavy atom. The summed E-state index contributed by atoms with van der Waals surface area (Å²) in [5.74, 6) is 1.30. The first-order valence-electron chi connectivity index (χ1n) is 7.98. The summed E-state index contributed by atoms with van der Waals surface area (Å²) in [5, 5.41) is 3.22. The average Bonchev–Trinajstić information content (AvgIpc) is 2.52. The SMILES string of the molecule is COc1cc(C(=O)NCCCCN)cc(Cl)c1OCCC(C)C.Cl. The summed E-state index contributed by atoms with van der Waals surface area (Å²) in [4.78, 5) is 12.1. The van der Waals surface area contributed by atoms with Crippen LogP contribution in [0.25, 0.3) is 0 Å². The highest BCUT2D eigenvalue weighted by atomic mass is 35.5. The minimum atomic E-state index is -0.184. The molecule has 0 saturated heterocycles. The minimum Gasteiger partial charge on any atom is -0.493 e. The van der Waals surface area contributed by atoms with E-state index in [4.69, 9.17) is 26.8 Å². The second-order valence-electron chi connectivity index (χ2n) is 5.77. The molecule has 0 aliphatic carbocycles. The number of halogens is 2. The van der Waals surface area contributed by atoms with Gasteiger partial charge in [0.2, 0.25) is 0 Å². The molecule has 0 heterocycles. The van der Waals surface area contributed by atoms with E-state index in [1.54, 1.807) is 12.1 Å². The lowest BCUT2D eigenvalue weighted by Crippen LogP contribution is -2.25. The van der Waals surface area contributed by atoms with Gasteiger partial charge in [0.15, 0.2) is 11.5 Å². The van der Waals surface area contributed by atoms with E-state index in [2.05, 4.69) is 19.2 Å². The molecule has 0 aliphatic rings. The largest absolute Gasteiger partial charge is 0.493 e. The fraction of sp³-hybridized carbons (Fsp3) is 0.588. The van der Waals surface area contributed by atoms with Crippen molar-refractivity contribution in [1.82, 2.24) is 5.32 Å². The van der Waals surface area contributed by atoms with Gasteiger partial charge in [-0.2, -0.15) is 0 Å². The quantitative estimate of drug-likeness (QED) is 0.609. The van der Waals surface area contributed by atoms with Gasteiger partial charge in [-0.25, -0.2) is 0 Å². The maximum absolute atomic E-state index is 12.1. The number of unbranched alkanes of at least 4 members (excludes halogenated alkanes) is 1. The molecule has 0 radical (unpaired) electrons. The summed E-state index contributed by atoms with van der Waals surface area (Å²) < 4.78 is 11.0. The molecular weight excluding hydrogens is 351 g/mol. The maximum Gasteiger partial charge on any atom is 0.251 e. The monoisotopic (exact) mass is 378 g/mol. The minimum absolute atomic E-state index is 0. The smallest absolute Gasteiger partial charge is 0.251 e. The van der Waals surface area contributed by atoms with Crippen molar-refractivity contribution < 1.29 is 14.3 Å². The van der Waals surface area contributed by atoms with Crippen molar-refractivity contribution >= 4 is 29.9 Å². The van der Waals surface area contributed by atoms with Gasteiger partial charge >= 0.3 is 0 Å². The third kappa shape index (κ3) is 7.60. The molecule has 1 aromatic carbocycles. The normalized spacial score (nSPS) is 10.2. The number of methoxy groups -OCH3 is 1. The Hall–Kier alpha value is -1.17. The maximum atomic E-state index is 12.1. The molecular formula is C17H28Cl2N2O3. The van der Waals surface area contributed by atoms with Crippen LogP contribution in [0.2, 0.25) is 5.02 Å².